The molecule has 2 aromatic heterocycles. The van der Waals surface area contributed by atoms with Crippen LogP contribution in [0.3, 0.4) is 0 Å². The van der Waals surface area contributed by atoms with Crippen molar-refractivity contribution in [3.8, 4) is 5.88 Å². The molecule has 1 aromatic carbocycles. The Morgan fingerprint density at radius 2 is 1.85 bits per heavy atom. The monoisotopic (exact) mass is 384 g/mol. The van der Waals surface area contributed by atoms with Crippen molar-refractivity contribution in [1.82, 2.24) is 20.1 Å². The molecule has 3 rings (SSSR count). The molecule has 0 saturated heterocycles. The van der Waals surface area contributed by atoms with E-state index in [0.29, 0.717) is 35.4 Å². The zero-order chi connectivity index (χ0) is 19.4. The second-order valence-electron chi connectivity index (χ2n) is 6.29. The number of halogens is 1. The van der Waals surface area contributed by atoms with E-state index in [2.05, 4.69) is 15.4 Å². The largest absolute Gasteiger partial charge is 0.481 e. The van der Waals surface area contributed by atoms with Gasteiger partial charge in [0.05, 0.1) is 24.9 Å². The Kier molecular flexibility index (Phi) is 5.76. The van der Waals surface area contributed by atoms with Crippen molar-refractivity contribution in [2.24, 2.45) is 0 Å². The van der Waals surface area contributed by atoms with Gasteiger partial charge in [-0.3, -0.25) is 4.79 Å². The number of benzene rings is 1. The lowest BCUT2D eigenvalue weighted by atomic mass is 10.1. The fraction of sp³-hybridized carbons (Fsp3) is 0.250. The lowest BCUT2D eigenvalue weighted by Gasteiger charge is -2.07. The van der Waals surface area contributed by atoms with E-state index in [1.807, 2.05) is 37.3 Å². The number of aryl methyl sites for hydroxylation is 2. The molecule has 2 heterocycles. The molecule has 1 N–H and O–H groups in total. The van der Waals surface area contributed by atoms with Crippen LogP contribution in [0.5, 0.6) is 5.88 Å². The molecule has 0 bridgehead atoms. The van der Waals surface area contributed by atoms with Gasteiger partial charge < -0.3 is 10.1 Å². The van der Waals surface area contributed by atoms with Gasteiger partial charge in [0.25, 0.3) is 5.91 Å². The second-order valence-corrected chi connectivity index (χ2v) is 6.64. The fourth-order valence-electron chi connectivity index (χ4n) is 2.69. The molecule has 27 heavy (non-hydrogen) atoms. The highest BCUT2D eigenvalue weighted by molar-refractivity contribution is 6.33. The molecule has 140 valence electrons. The number of hydrogen-bond donors (Lipinski definition) is 1. The number of ether oxygens (including phenoxy) is 1. The molecular weight excluding hydrogens is 364 g/mol. The van der Waals surface area contributed by atoms with Gasteiger partial charge in [-0.1, -0.05) is 47.5 Å². The van der Waals surface area contributed by atoms with Crippen LogP contribution in [-0.2, 0) is 13.1 Å². The van der Waals surface area contributed by atoms with E-state index < -0.39 is 0 Å². The van der Waals surface area contributed by atoms with Gasteiger partial charge in [-0.05, 0) is 25.0 Å². The molecular formula is C20H21ClN4O2. The Hall–Kier alpha value is -2.86. The molecule has 3 aromatic rings. The number of methoxy groups -OCH3 is 1. The van der Waals surface area contributed by atoms with Crippen LogP contribution < -0.4 is 10.1 Å². The molecule has 1 amide bonds. The highest BCUT2D eigenvalue weighted by Gasteiger charge is 2.20. The van der Waals surface area contributed by atoms with Crippen molar-refractivity contribution >= 4 is 17.5 Å². The van der Waals surface area contributed by atoms with Crippen molar-refractivity contribution in [3.63, 3.8) is 0 Å². The third-order valence-corrected chi connectivity index (χ3v) is 4.59. The van der Waals surface area contributed by atoms with Crippen LogP contribution >= 0.6 is 11.6 Å². The van der Waals surface area contributed by atoms with Gasteiger partial charge in [0.1, 0.15) is 5.15 Å². The van der Waals surface area contributed by atoms with Gasteiger partial charge in [-0.15, -0.1) is 0 Å². The third kappa shape index (κ3) is 4.46. The highest BCUT2D eigenvalue weighted by Crippen LogP contribution is 2.21. The summed E-state index contributed by atoms with van der Waals surface area (Å²) in [5.74, 6) is 0.268. The van der Waals surface area contributed by atoms with Crippen molar-refractivity contribution in [3.05, 3.63) is 75.7 Å². The van der Waals surface area contributed by atoms with Crippen LogP contribution in [0.25, 0.3) is 0 Å². The van der Waals surface area contributed by atoms with Crippen LogP contribution in [0.1, 0.15) is 32.7 Å². The minimum absolute atomic E-state index is 0.261. The number of carbonyl (C=O) groups is 1. The van der Waals surface area contributed by atoms with Crippen molar-refractivity contribution < 1.29 is 9.53 Å². The second kappa shape index (κ2) is 8.22. The lowest BCUT2D eigenvalue weighted by molar-refractivity contribution is 0.0950. The zero-order valence-electron chi connectivity index (χ0n) is 15.5. The smallest absolute Gasteiger partial charge is 0.256 e. The maximum atomic E-state index is 12.6. The Bertz CT molecular complexity index is 934. The number of rotatable bonds is 6. The Balaban J connectivity index is 1.70. The average Bonchev–Trinajstić information content (AvgIpc) is 2.95. The Morgan fingerprint density at radius 1 is 1.15 bits per heavy atom. The van der Waals surface area contributed by atoms with E-state index in [1.165, 1.54) is 5.56 Å². The van der Waals surface area contributed by atoms with Crippen LogP contribution in [-0.4, -0.2) is 27.8 Å². The number of nitrogens with one attached hydrogen (secondary N) is 1. The van der Waals surface area contributed by atoms with E-state index in [9.17, 15) is 4.79 Å². The zero-order valence-corrected chi connectivity index (χ0v) is 16.2. The standard InChI is InChI=1S/C20H21ClN4O2/c1-13-4-6-15(7-5-13)12-25-19(21)18(14(2)24-25)20(26)23-11-16-8-9-17(27-3)22-10-16/h4-10H,11-12H2,1-3H3,(H,23,26). The van der Waals surface area contributed by atoms with Gasteiger partial charge in [0.2, 0.25) is 5.88 Å². The third-order valence-electron chi connectivity index (χ3n) is 4.21. The lowest BCUT2D eigenvalue weighted by Crippen LogP contribution is -2.23. The topological polar surface area (TPSA) is 69.0 Å². The van der Waals surface area contributed by atoms with Crippen LogP contribution in [0.4, 0.5) is 0 Å². The van der Waals surface area contributed by atoms with Crippen LogP contribution in [0.2, 0.25) is 5.15 Å². The van der Waals surface area contributed by atoms with Crippen molar-refractivity contribution in [2.45, 2.75) is 26.9 Å². The number of carbonyl (C=O) groups excluding carboxylic acids is 1. The molecule has 0 fully saturated rings. The van der Waals surface area contributed by atoms with Gasteiger partial charge in [0.15, 0.2) is 0 Å². The number of nitrogens with zero attached hydrogens (tertiary/aromatic N) is 3. The van der Waals surface area contributed by atoms with Gasteiger partial charge in [-0.2, -0.15) is 5.10 Å². The van der Waals surface area contributed by atoms with E-state index in [4.69, 9.17) is 16.3 Å². The fourth-order valence-corrected chi connectivity index (χ4v) is 3.01. The first-order chi connectivity index (χ1) is 13.0. The number of aromatic nitrogens is 3. The molecule has 0 saturated carbocycles. The summed E-state index contributed by atoms with van der Waals surface area (Å²) in [5.41, 5.74) is 4.11. The van der Waals surface area contributed by atoms with Crippen LogP contribution in [0, 0.1) is 13.8 Å². The first-order valence-corrected chi connectivity index (χ1v) is 8.91. The normalized spacial score (nSPS) is 10.7. The molecule has 0 aliphatic carbocycles. The predicted molar refractivity (Wildman–Crippen MR) is 104 cm³/mol. The van der Waals surface area contributed by atoms with E-state index in [0.717, 1.165) is 11.1 Å². The summed E-state index contributed by atoms with van der Waals surface area (Å²) >= 11 is 6.44. The number of pyridine rings is 1. The average molecular weight is 385 g/mol. The Morgan fingerprint density at radius 3 is 2.48 bits per heavy atom. The van der Waals surface area contributed by atoms with Crippen molar-refractivity contribution in [1.29, 1.82) is 0 Å². The summed E-state index contributed by atoms with van der Waals surface area (Å²) in [6.07, 6.45) is 1.66. The summed E-state index contributed by atoms with van der Waals surface area (Å²) in [4.78, 5) is 16.7. The molecule has 0 aliphatic heterocycles. The molecule has 0 unspecified atom stereocenters. The molecule has 7 heteroatoms. The molecule has 0 aliphatic rings. The van der Waals surface area contributed by atoms with E-state index in [1.54, 1.807) is 31.0 Å². The number of hydrogen-bond acceptors (Lipinski definition) is 4. The quantitative estimate of drug-likeness (QED) is 0.705. The van der Waals surface area contributed by atoms with Crippen molar-refractivity contribution in [2.75, 3.05) is 7.11 Å². The summed E-state index contributed by atoms with van der Waals surface area (Å²) in [5, 5.41) is 7.62. The SMILES string of the molecule is COc1ccc(CNC(=O)c2c(C)nn(Cc3ccc(C)cc3)c2Cl)cn1. The van der Waals surface area contributed by atoms with Gasteiger partial charge in [-0.25, -0.2) is 9.67 Å². The summed E-state index contributed by atoms with van der Waals surface area (Å²) in [6.45, 7) is 4.67. The minimum Gasteiger partial charge on any atom is -0.481 e. The first kappa shape index (κ1) is 18.9. The molecule has 0 atom stereocenters. The van der Waals surface area contributed by atoms with E-state index >= 15 is 0 Å². The van der Waals surface area contributed by atoms with Crippen LogP contribution in [0.15, 0.2) is 42.6 Å². The Labute approximate surface area is 163 Å². The number of amides is 1. The van der Waals surface area contributed by atoms with E-state index in [-0.39, 0.29) is 5.91 Å². The molecule has 0 radical (unpaired) electrons. The minimum atomic E-state index is -0.261. The summed E-state index contributed by atoms with van der Waals surface area (Å²) in [6, 6.07) is 11.7. The molecule has 6 nitrogen and oxygen atoms in total. The maximum absolute atomic E-state index is 12.6. The van der Waals surface area contributed by atoms with Gasteiger partial charge in [0, 0.05) is 18.8 Å². The molecule has 0 spiro atoms. The summed E-state index contributed by atoms with van der Waals surface area (Å²) in [7, 11) is 1.56. The maximum Gasteiger partial charge on any atom is 0.256 e. The van der Waals surface area contributed by atoms with Gasteiger partial charge >= 0.3 is 0 Å². The first-order valence-electron chi connectivity index (χ1n) is 8.53. The predicted octanol–water partition coefficient (Wildman–Crippen LogP) is 3.54. The summed E-state index contributed by atoms with van der Waals surface area (Å²) < 4.78 is 6.67. The highest BCUT2D eigenvalue weighted by atomic mass is 35.5.